The summed E-state index contributed by atoms with van der Waals surface area (Å²) in [7, 11) is -1.77. The molecule has 0 aliphatic rings. The molecule has 1 aromatic heterocycles. The largest absolute Gasteiger partial charge is 0.274 e. The molecule has 2 aromatic rings. The minimum absolute atomic E-state index is 0.239. The molecule has 0 spiro atoms. The normalized spacial score (nSPS) is 11.7. The van der Waals surface area contributed by atoms with Crippen molar-refractivity contribution >= 4 is 10.0 Å². The van der Waals surface area contributed by atoms with Crippen molar-refractivity contribution < 1.29 is 8.42 Å². The Bertz CT molecular complexity index is 648. The molecule has 102 valence electrons. The number of hydrogen-bond donors (Lipinski definition) is 1. The van der Waals surface area contributed by atoms with Gasteiger partial charge in [0.05, 0.1) is 5.69 Å². The molecular formula is C13H17N3O2S. The van der Waals surface area contributed by atoms with Crippen LogP contribution in [0.25, 0.3) is 0 Å². The summed E-state index contributed by atoms with van der Waals surface area (Å²) in [4.78, 5) is 0.239. The van der Waals surface area contributed by atoms with Crippen molar-refractivity contribution in [1.82, 2.24) is 14.5 Å². The quantitative estimate of drug-likeness (QED) is 0.896. The Kier molecular flexibility index (Phi) is 4.01. The van der Waals surface area contributed by atoms with Crippen molar-refractivity contribution in [2.24, 2.45) is 7.05 Å². The van der Waals surface area contributed by atoms with E-state index in [1.54, 1.807) is 14.0 Å². The highest BCUT2D eigenvalue weighted by molar-refractivity contribution is 7.89. The van der Waals surface area contributed by atoms with E-state index < -0.39 is 10.0 Å². The third-order valence-corrected chi connectivity index (χ3v) is 4.37. The topological polar surface area (TPSA) is 64.0 Å². The maximum Gasteiger partial charge on any atom is 0.243 e. The predicted octanol–water partition coefficient (Wildman–Crippen LogP) is 1.25. The molecule has 0 saturated heterocycles. The number of aryl methyl sites for hydroxylation is 2. The molecule has 0 unspecified atom stereocenters. The van der Waals surface area contributed by atoms with E-state index in [0.29, 0.717) is 18.7 Å². The average molecular weight is 279 g/mol. The number of hydrogen-bond acceptors (Lipinski definition) is 3. The van der Waals surface area contributed by atoms with E-state index in [-0.39, 0.29) is 4.90 Å². The molecule has 6 heteroatoms. The van der Waals surface area contributed by atoms with Gasteiger partial charge in [-0.15, -0.1) is 0 Å². The average Bonchev–Trinajstić information content (AvgIpc) is 2.70. The SMILES string of the molecule is Cc1nn(C)cc1S(=O)(=O)NCCc1ccccc1. The molecule has 0 radical (unpaired) electrons. The standard InChI is InChI=1S/C13H17N3O2S/c1-11-13(10-16(2)15-11)19(17,18)14-9-8-12-6-4-3-5-7-12/h3-7,10,14H,8-9H2,1-2H3. The summed E-state index contributed by atoms with van der Waals surface area (Å²) in [5.41, 5.74) is 1.61. The van der Waals surface area contributed by atoms with Crippen LogP contribution in [0.2, 0.25) is 0 Å². The van der Waals surface area contributed by atoms with Crippen molar-refractivity contribution in [2.45, 2.75) is 18.2 Å². The lowest BCUT2D eigenvalue weighted by Crippen LogP contribution is -2.26. The maximum atomic E-state index is 12.1. The molecule has 5 nitrogen and oxygen atoms in total. The molecule has 0 atom stereocenters. The molecule has 1 aromatic carbocycles. The van der Waals surface area contributed by atoms with Gasteiger partial charge in [-0.2, -0.15) is 5.10 Å². The lowest BCUT2D eigenvalue weighted by Gasteiger charge is -2.05. The zero-order chi connectivity index (χ0) is 13.9. The first-order valence-corrected chi connectivity index (χ1v) is 7.51. The van der Waals surface area contributed by atoms with Gasteiger partial charge in [-0.1, -0.05) is 30.3 Å². The molecule has 0 saturated carbocycles. The van der Waals surface area contributed by atoms with Crippen LogP contribution in [0.3, 0.4) is 0 Å². The zero-order valence-electron chi connectivity index (χ0n) is 11.0. The van der Waals surface area contributed by atoms with Crippen LogP contribution in [0, 0.1) is 6.92 Å². The Morgan fingerprint density at radius 3 is 2.53 bits per heavy atom. The van der Waals surface area contributed by atoms with Gasteiger partial charge in [0.1, 0.15) is 4.90 Å². The van der Waals surface area contributed by atoms with Gasteiger partial charge in [-0.3, -0.25) is 4.68 Å². The van der Waals surface area contributed by atoms with Crippen molar-refractivity contribution in [3.8, 4) is 0 Å². The van der Waals surface area contributed by atoms with E-state index in [2.05, 4.69) is 9.82 Å². The van der Waals surface area contributed by atoms with E-state index in [4.69, 9.17) is 0 Å². The number of aromatic nitrogens is 2. The van der Waals surface area contributed by atoms with Gasteiger partial charge in [0.2, 0.25) is 10.0 Å². The zero-order valence-corrected chi connectivity index (χ0v) is 11.8. The molecule has 0 aliphatic heterocycles. The Morgan fingerprint density at radius 2 is 1.95 bits per heavy atom. The minimum atomic E-state index is -3.47. The first-order valence-electron chi connectivity index (χ1n) is 6.03. The Hall–Kier alpha value is -1.66. The summed E-state index contributed by atoms with van der Waals surface area (Å²) in [5, 5.41) is 4.04. The number of nitrogens with zero attached hydrogens (tertiary/aromatic N) is 2. The second-order valence-corrected chi connectivity index (χ2v) is 6.12. The fraction of sp³-hybridized carbons (Fsp3) is 0.308. The van der Waals surface area contributed by atoms with Gasteiger partial charge in [0.15, 0.2) is 0 Å². The number of sulfonamides is 1. The molecule has 0 amide bonds. The van der Waals surface area contributed by atoms with Crippen LogP contribution in [-0.4, -0.2) is 24.7 Å². The van der Waals surface area contributed by atoms with E-state index in [1.165, 1.54) is 10.9 Å². The minimum Gasteiger partial charge on any atom is -0.274 e. The number of benzene rings is 1. The third-order valence-electron chi connectivity index (χ3n) is 2.81. The van der Waals surface area contributed by atoms with E-state index >= 15 is 0 Å². The van der Waals surface area contributed by atoms with Crippen LogP contribution in [0.15, 0.2) is 41.4 Å². The summed E-state index contributed by atoms with van der Waals surface area (Å²) in [6, 6.07) is 9.77. The van der Waals surface area contributed by atoms with Crippen LogP contribution in [0.4, 0.5) is 0 Å². The molecule has 0 bridgehead atoms. The molecule has 2 rings (SSSR count). The monoisotopic (exact) mass is 279 g/mol. The second-order valence-electron chi connectivity index (χ2n) is 4.39. The summed E-state index contributed by atoms with van der Waals surface area (Å²) in [5.74, 6) is 0. The first-order chi connectivity index (χ1) is 8.99. The highest BCUT2D eigenvalue weighted by Crippen LogP contribution is 2.12. The molecule has 0 aliphatic carbocycles. The van der Waals surface area contributed by atoms with Gasteiger partial charge < -0.3 is 0 Å². The lowest BCUT2D eigenvalue weighted by molar-refractivity contribution is 0.581. The highest BCUT2D eigenvalue weighted by atomic mass is 32.2. The maximum absolute atomic E-state index is 12.1. The number of nitrogens with one attached hydrogen (secondary N) is 1. The molecule has 19 heavy (non-hydrogen) atoms. The predicted molar refractivity (Wildman–Crippen MR) is 73.3 cm³/mol. The molecule has 1 N–H and O–H groups in total. The second kappa shape index (κ2) is 5.54. The molecular weight excluding hydrogens is 262 g/mol. The van der Waals surface area contributed by atoms with Crippen LogP contribution in [0.5, 0.6) is 0 Å². The van der Waals surface area contributed by atoms with Crippen LogP contribution in [-0.2, 0) is 23.5 Å². The van der Waals surface area contributed by atoms with Gasteiger partial charge in [0, 0.05) is 19.8 Å². The van der Waals surface area contributed by atoms with Crippen LogP contribution in [0.1, 0.15) is 11.3 Å². The van der Waals surface area contributed by atoms with Gasteiger partial charge in [-0.25, -0.2) is 13.1 Å². The van der Waals surface area contributed by atoms with Crippen molar-refractivity contribution in [3.05, 3.63) is 47.8 Å². The fourth-order valence-electron chi connectivity index (χ4n) is 1.89. The number of rotatable bonds is 5. The summed E-state index contributed by atoms with van der Waals surface area (Å²) >= 11 is 0. The van der Waals surface area contributed by atoms with E-state index in [0.717, 1.165) is 5.56 Å². The smallest absolute Gasteiger partial charge is 0.243 e. The highest BCUT2D eigenvalue weighted by Gasteiger charge is 2.18. The summed E-state index contributed by atoms with van der Waals surface area (Å²) < 4.78 is 28.3. The van der Waals surface area contributed by atoms with Crippen molar-refractivity contribution in [1.29, 1.82) is 0 Å². The van der Waals surface area contributed by atoms with E-state index in [9.17, 15) is 8.42 Å². The lowest BCUT2D eigenvalue weighted by atomic mass is 10.2. The van der Waals surface area contributed by atoms with Crippen LogP contribution < -0.4 is 4.72 Å². The van der Waals surface area contributed by atoms with Gasteiger partial charge >= 0.3 is 0 Å². The molecule has 0 fully saturated rings. The molecule has 1 heterocycles. The van der Waals surface area contributed by atoms with Crippen LogP contribution >= 0.6 is 0 Å². The van der Waals surface area contributed by atoms with E-state index in [1.807, 2.05) is 30.3 Å². The summed E-state index contributed by atoms with van der Waals surface area (Å²) in [6.45, 7) is 2.06. The Morgan fingerprint density at radius 1 is 1.26 bits per heavy atom. The first kappa shape index (κ1) is 13.8. The van der Waals surface area contributed by atoms with Gasteiger partial charge in [0.25, 0.3) is 0 Å². The fourth-order valence-corrected chi connectivity index (χ4v) is 3.14. The summed E-state index contributed by atoms with van der Waals surface area (Å²) in [6.07, 6.45) is 2.18. The van der Waals surface area contributed by atoms with Crippen molar-refractivity contribution in [3.63, 3.8) is 0 Å². The van der Waals surface area contributed by atoms with Gasteiger partial charge in [-0.05, 0) is 18.9 Å². The van der Waals surface area contributed by atoms with Crippen molar-refractivity contribution in [2.75, 3.05) is 6.54 Å². The Labute approximate surface area is 113 Å². The third kappa shape index (κ3) is 3.42. The Balaban J connectivity index is 2.01.